The molecule has 1 aromatic heterocycles. The van der Waals surface area contributed by atoms with Crippen LogP contribution in [0.4, 0.5) is 4.79 Å². The number of aromatic nitrogens is 2. The van der Waals surface area contributed by atoms with Gasteiger partial charge in [0.25, 0.3) is 5.56 Å². The Morgan fingerprint density at radius 1 is 0.947 bits per heavy atom. The standard InChI is InChI=1S/C30H27N3O5/c34-28(35)16-33-18-31-27-10-9-20(15-25(27)29(33)36)19-11-13-32(14-12-19)30(37)38-17-26-23-7-3-1-5-21(23)22-6-2-4-8-24(22)26/h1-10,15,18-19,26H,11-14,16-17H2,(H,34,35). The number of amides is 1. The molecule has 2 heterocycles. The molecule has 2 aliphatic rings. The van der Waals surface area contributed by atoms with Crippen LogP contribution in [-0.2, 0) is 16.1 Å². The van der Waals surface area contributed by atoms with Crippen LogP contribution >= 0.6 is 0 Å². The molecular weight excluding hydrogens is 482 g/mol. The zero-order valence-electron chi connectivity index (χ0n) is 20.7. The third kappa shape index (κ3) is 4.32. The van der Waals surface area contributed by atoms with Crippen molar-refractivity contribution >= 4 is 23.0 Å². The summed E-state index contributed by atoms with van der Waals surface area (Å²) in [6.45, 7) is 1.00. The Hall–Kier alpha value is -4.46. The Balaban J connectivity index is 1.11. The highest BCUT2D eigenvalue weighted by Gasteiger charge is 2.31. The number of likely N-dealkylation sites (tertiary alicyclic amines) is 1. The number of nitrogens with zero attached hydrogens (tertiary/aromatic N) is 3. The Morgan fingerprint density at radius 2 is 1.61 bits per heavy atom. The van der Waals surface area contributed by atoms with Crippen molar-refractivity contribution in [3.05, 3.63) is 100 Å². The quantitative estimate of drug-likeness (QED) is 0.422. The third-order valence-corrected chi connectivity index (χ3v) is 7.71. The monoisotopic (exact) mass is 509 g/mol. The first-order valence-electron chi connectivity index (χ1n) is 12.8. The smallest absolute Gasteiger partial charge is 0.409 e. The second-order valence-electron chi connectivity index (χ2n) is 9.91. The molecule has 0 bridgehead atoms. The number of rotatable bonds is 5. The van der Waals surface area contributed by atoms with E-state index < -0.39 is 12.5 Å². The van der Waals surface area contributed by atoms with E-state index in [4.69, 9.17) is 9.84 Å². The minimum atomic E-state index is -1.09. The number of aliphatic carboxylic acids is 1. The molecule has 8 heteroatoms. The van der Waals surface area contributed by atoms with Gasteiger partial charge < -0.3 is 14.7 Å². The molecule has 0 atom stereocenters. The Morgan fingerprint density at radius 3 is 2.26 bits per heavy atom. The van der Waals surface area contributed by atoms with Gasteiger partial charge in [0.2, 0.25) is 0 Å². The van der Waals surface area contributed by atoms with Gasteiger partial charge in [0.1, 0.15) is 13.2 Å². The van der Waals surface area contributed by atoms with Crippen molar-refractivity contribution in [2.75, 3.05) is 19.7 Å². The van der Waals surface area contributed by atoms with Crippen molar-refractivity contribution in [1.29, 1.82) is 0 Å². The summed E-state index contributed by atoms with van der Waals surface area (Å²) in [6.07, 6.45) is 2.47. The summed E-state index contributed by atoms with van der Waals surface area (Å²) in [4.78, 5) is 42.8. The molecule has 1 aliphatic carbocycles. The normalized spacial score (nSPS) is 15.3. The molecule has 0 radical (unpaired) electrons. The maximum atomic E-state index is 13.0. The van der Waals surface area contributed by atoms with E-state index in [0.717, 1.165) is 23.0 Å². The maximum Gasteiger partial charge on any atom is 0.409 e. The average molecular weight is 510 g/mol. The van der Waals surface area contributed by atoms with E-state index in [-0.39, 0.29) is 23.5 Å². The number of piperidine rings is 1. The van der Waals surface area contributed by atoms with Gasteiger partial charge in [-0.25, -0.2) is 9.78 Å². The highest BCUT2D eigenvalue weighted by atomic mass is 16.6. The predicted molar refractivity (Wildman–Crippen MR) is 142 cm³/mol. The van der Waals surface area contributed by atoms with E-state index in [2.05, 4.69) is 29.2 Å². The number of carboxylic acids is 1. The van der Waals surface area contributed by atoms with Gasteiger partial charge in [-0.1, -0.05) is 54.6 Å². The van der Waals surface area contributed by atoms with E-state index in [1.54, 1.807) is 11.0 Å². The van der Waals surface area contributed by atoms with E-state index >= 15 is 0 Å². The summed E-state index contributed by atoms with van der Waals surface area (Å²) in [7, 11) is 0. The Kier molecular flexibility index (Phi) is 6.15. The Bertz CT molecular complexity index is 1560. The maximum absolute atomic E-state index is 13.0. The van der Waals surface area contributed by atoms with Gasteiger partial charge >= 0.3 is 12.1 Å². The molecular formula is C30H27N3O5. The lowest BCUT2D eigenvalue weighted by Gasteiger charge is -2.32. The molecule has 192 valence electrons. The van der Waals surface area contributed by atoms with E-state index in [1.165, 1.54) is 28.6 Å². The van der Waals surface area contributed by atoms with Gasteiger partial charge in [0, 0.05) is 19.0 Å². The van der Waals surface area contributed by atoms with Gasteiger partial charge in [-0.15, -0.1) is 0 Å². The Labute approximate surface area is 219 Å². The molecule has 0 saturated carbocycles. The minimum Gasteiger partial charge on any atom is -0.480 e. The summed E-state index contributed by atoms with van der Waals surface area (Å²) in [5.74, 6) is -0.880. The summed E-state index contributed by atoms with van der Waals surface area (Å²) in [5, 5.41) is 9.46. The second-order valence-corrected chi connectivity index (χ2v) is 9.91. The van der Waals surface area contributed by atoms with Crippen molar-refractivity contribution < 1.29 is 19.4 Å². The summed E-state index contributed by atoms with van der Waals surface area (Å²) in [6, 6.07) is 22.1. The SMILES string of the molecule is O=C(O)Cn1cnc2ccc(C3CCN(C(=O)OCC4c5ccccc5-c5ccccc54)CC3)cc2c1=O. The average Bonchev–Trinajstić information content (AvgIpc) is 3.27. The minimum absolute atomic E-state index is 0.0280. The van der Waals surface area contributed by atoms with E-state index in [1.807, 2.05) is 36.4 Å². The molecule has 4 aromatic rings. The molecule has 8 nitrogen and oxygen atoms in total. The van der Waals surface area contributed by atoms with Gasteiger partial charge in [-0.05, 0) is 58.7 Å². The lowest BCUT2D eigenvalue weighted by molar-refractivity contribution is -0.137. The van der Waals surface area contributed by atoms with Gasteiger partial charge in [0.05, 0.1) is 17.2 Å². The number of hydrogen-bond donors (Lipinski definition) is 1. The number of fused-ring (bicyclic) bond motifs is 4. The zero-order valence-corrected chi connectivity index (χ0v) is 20.7. The number of hydrogen-bond acceptors (Lipinski definition) is 5. The first-order chi connectivity index (χ1) is 18.5. The molecule has 1 aliphatic heterocycles. The van der Waals surface area contributed by atoms with Crippen LogP contribution in [0.2, 0.25) is 0 Å². The van der Waals surface area contributed by atoms with Gasteiger partial charge in [-0.3, -0.25) is 14.2 Å². The van der Waals surface area contributed by atoms with Crippen LogP contribution in [0.3, 0.4) is 0 Å². The van der Waals surface area contributed by atoms with E-state index in [0.29, 0.717) is 30.6 Å². The second kappa shape index (κ2) is 9.78. The summed E-state index contributed by atoms with van der Waals surface area (Å²) in [5.41, 5.74) is 5.95. The van der Waals surface area contributed by atoms with Crippen molar-refractivity contribution in [1.82, 2.24) is 14.5 Å². The van der Waals surface area contributed by atoms with E-state index in [9.17, 15) is 14.4 Å². The van der Waals surface area contributed by atoms with Crippen LogP contribution < -0.4 is 5.56 Å². The number of carboxylic acid groups (broad SMARTS) is 1. The molecule has 1 saturated heterocycles. The van der Waals surface area contributed by atoms with Gasteiger partial charge in [-0.2, -0.15) is 0 Å². The largest absolute Gasteiger partial charge is 0.480 e. The molecule has 6 rings (SSSR count). The van der Waals surface area contributed by atoms with Crippen molar-refractivity contribution in [2.24, 2.45) is 0 Å². The first-order valence-corrected chi connectivity index (χ1v) is 12.8. The molecule has 1 fully saturated rings. The summed E-state index contributed by atoms with van der Waals surface area (Å²) >= 11 is 0. The number of carbonyl (C=O) groups is 2. The number of benzene rings is 3. The summed E-state index contributed by atoms with van der Waals surface area (Å²) < 4.78 is 6.93. The van der Waals surface area contributed by atoms with Crippen molar-refractivity contribution in [2.45, 2.75) is 31.2 Å². The zero-order chi connectivity index (χ0) is 26.2. The highest BCUT2D eigenvalue weighted by molar-refractivity contribution is 5.80. The molecule has 3 aromatic carbocycles. The molecule has 0 spiro atoms. The molecule has 0 unspecified atom stereocenters. The van der Waals surface area contributed by atoms with Crippen LogP contribution in [0.5, 0.6) is 0 Å². The fourth-order valence-corrected chi connectivity index (χ4v) is 5.77. The van der Waals surface area contributed by atoms with Crippen LogP contribution in [0.1, 0.15) is 41.4 Å². The lowest BCUT2D eigenvalue weighted by Crippen LogP contribution is -2.38. The highest BCUT2D eigenvalue weighted by Crippen LogP contribution is 2.44. The number of ether oxygens (including phenoxy) is 1. The van der Waals surface area contributed by atoms with Crippen LogP contribution in [0.15, 0.2) is 77.9 Å². The van der Waals surface area contributed by atoms with Crippen molar-refractivity contribution in [3.8, 4) is 11.1 Å². The fraction of sp³-hybridized carbons (Fsp3) is 0.267. The first kappa shape index (κ1) is 23.9. The lowest BCUT2D eigenvalue weighted by atomic mass is 9.89. The number of carbonyl (C=O) groups excluding carboxylic acids is 1. The van der Waals surface area contributed by atoms with Crippen LogP contribution in [0.25, 0.3) is 22.0 Å². The predicted octanol–water partition coefficient (Wildman–Crippen LogP) is 4.61. The van der Waals surface area contributed by atoms with Gasteiger partial charge in [0.15, 0.2) is 0 Å². The molecule has 1 amide bonds. The fourth-order valence-electron chi connectivity index (χ4n) is 5.77. The van der Waals surface area contributed by atoms with Crippen LogP contribution in [-0.4, -0.2) is 51.3 Å². The molecule has 38 heavy (non-hydrogen) atoms. The van der Waals surface area contributed by atoms with Crippen molar-refractivity contribution in [3.63, 3.8) is 0 Å². The topological polar surface area (TPSA) is 102 Å². The molecule has 1 N–H and O–H groups in total. The van der Waals surface area contributed by atoms with Crippen LogP contribution in [0, 0.1) is 0 Å². The third-order valence-electron chi connectivity index (χ3n) is 7.71.